The number of methoxy groups -OCH3 is 2. The fraction of sp³-hybridized carbons (Fsp3) is 0.167. The Balaban J connectivity index is 1.97. The van der Waals surface area contributed by atoms with Crippen LogP contribution >= 0.6 is 11.6 Å². The Morgan fingerprint density at radius 2 is 1.92 bits per heavy atom. The molecule has 4 nitrogen and oxygen atoms in total. The molecule has 0 unspecified atom stereocenters. The van der Waals surface area contributed by atoms with Crippen LogP contribution in [0.25, 0.3) is 10.9 Å². The van der Waals surface area contributed by atoms with Crippen molar-refractivity contribution in [3.63, 3.8) is 0 Å². The van der Waals surface area contributed by atoms with Crippen molar-refractivity contribution >= 4 is 28.3 Å². The Labute approximate surface area is 143 Å². The van der Waals surface area contributed by atoms with Gasteiger partial charge < -0.3 is 14.5 Å². The summed E-state index contributed by atoms with van der Waals surface area (Å²) in [6.45, 7) is 0. The molecule has 24 heavy (non-hydrogen) atoms. The highest BCUT2D eigenvalue weighted by atomic mass is 35.5. The van der Waals surface area contributed by atoms with Gasteiger partial charge in [-0.3, -0.25) is 4.79 Å². The predicted octanol–water partition coefficient (Wildman–Crippen LogP) is 4.40. The zero-order valence-corrected chi connectivity index (χ0v) is 13.9. The zero-order valence-electron chi connectivity index (χ0n) is 13.2. The highest BCUT2D eigenvalue weighted by Crippen LogP contribution is 2.34. The van der Waals surface area contributed by atoms with Gasteiger partial charge in [-0.15, -0.1) is 0 Å². The van der Waals surface area contributed by atoms with Crippen molar-refractivity contribution in [1.29, 1.82) is 0 Å². The van der Waals surface area contributed by atoms with Crippen LogP contribution in [0.5, 0.6) is 11.5 Å². The number of hydrogen-bond donors (Lipinski definition) is 1. The van der Waals surface area contributed by atoms with Gasteiger partial charge in [0.25, 0.3) is 0 Å². The van der Waals surface area contributed by atoms with E-state index in [0.29, 0.717) is 38.6 Å². The molecule has 2 aromatic carbocycles. The van der Waals surface area contributed by atoms with Gasteiger partial charge in [-0.25, -0.2) is 4.39 Å². The normalized spacial score (nSPS) is 10.8. The molecular weight excluding hydrogens is 333 g/mol. The largest absolute Gasteiger partial charge is 0.496 e. The number of hydrogen-bond acceptors (Lipinski definition) is 3. The molecule has 0 saturated heterocycles. The molecule has 0 aliphatic carbocycles. The lowest BCUT2D eigenvalue weighted by Crippen LogP contribution is -2.04. The van der Waals surface area contributed by atoms with E-state index in [9.17, 15) is 9.18 Å². The Morgan fingerprint density at radius 3 is 2.62 bits per heavy atom. The van der Waals surface area contributed by atoms with Crippen LogP contribution in [0.2, 0.25) is 5.02 Å². The molecule has 0 fully saturated rings. The van der Waals surface area contributed by atoms with Crippen molar-refractivity contribution in [2.75, 3.05) is 14.2 Å². The third-order valence-corrected chi connectivity index (χ3v) is 4.25. The summed E-state index contributed by atoms with van der Waals surface area (Å²) >= 11 is 6.26. The minimum atomic E-state index is -0.408. The average Bonchev–Trinajstić information content (AvgIpc) is 3.01. The van der Waals surface area contributed by atoms with Crippen LogP contribution in [-0.2, 0) is 6.42 Å². The molecule has 3 aromatic rings. The number of aromatic amines is 1. The highest BCUT2D eigenvalue weighted by molar-refractivity contribution is 6.37. The third-order valence-electron chi connectivity index (χ3n) is 3.88. The third kappa shape index (κ3) is 2.83. The summed E-state index contributed by atoms with van der Waals surface area (Å²) in [6, 6.07) is 7.62. The van der Waals surface area contributed by atoms with E-state index >= 15 is 0 Å². The van der Waals surface area contributed by atoms with Crippen molar-refractivity contribution in [3.05, 3.63) is 58.5 Å². The van der Waals surface area contributed by atoms with E-state index in [0.717, 1.165) is 0 Å². The van der Waals surface area contributed by atoms with E-state index in [-0.39, 0.29) is 12.2 Å². The Morgan fingerprint density at radius 1 is 1.17 bits per heavy atom. The van der Waals surface area contributed by atoms with Crippen LogP contribution < -0.4 is 9.47 Å². The van der Waals surface area contributed by atoms with Crippen LogP contribution in [0.1, 0.15) is 15.9 Å². The first kappa shape index (κ1) is 16.3. The van der Waals surface area contributed by atoms with Crippen molar-refractivity contribution in [1.82, 2.24) is 4.98 Å². The standard InChI is InChI=1S/C18H15ClFNO3/c1-23-15-6-5-12-13(9-21-18(12)17(15)19)14(22)7-10-3-4-11(20)8-16(10)24-2/h3-6,8-9,21H,7H2,1-2H3. The van der Waals surface area contributed by atoms with Gasteiger partial charge in [-0.05, 0) is 18.2 Å². The van der Waals surface area contributed by atoms with E-state index in [1.165, 1.54) is 26.4 Å². The molecule has 0 aliphatic rings. The molecule has 0 amide bonds. The quantitative estimate of drug-likeness (QED) is 0.696. The summed E-state index contributed by atoms with van der Waals surface area (Å²) in [5.74, 6) is 0.356. The van der Waals surface area contributed by atoms with Gasteiger partial charge in [0.15, 0.2) is 5.78 Å². The number of ketones is 1. The summed E-state index contributed by atoms with van der Waals surface area (Å²) in [5, 5.41) is 1.14. The van der Waals surface area contributed by atoms with E-state index in [1.807, 2.05) is 0 Å². The molecule has 0 radical (unpaired) electrons. The molecule has 124 valence electrons. The topological polar surface area (TPSA) is 51.3 Å². The van der Waals surface area contributed by atoms with Crippen molar-refractivity contribution in [2.24, 2.45) is 0 Å². The van der Waals surface area contributed by atoms with Crippen LogP contribution in [-0.4, -0.2) is 25.0 Å². The number of Topliss-reactive ketones (excluding diaryl/α,β-unsaturated/α-hetero) is 1. The maximum Gasteiger partial charge on any atom is 0.169 e. The number of carbonyl (C=O) groups excluding carboxylic acids is 1. The molecule has 3 rings (SSSR count). The Kier molecular flexibility index (Phi) is 4.44. The first-order valence-electron chi connectivity index (χ1n) is 7.24. The van der Waals surface area contributed by atoms with E-state index in [4.69, 9.17) is 21.1 Å². The monoisotopic (exact) mass is 347 g/mol. The number of benzene rings is 2. The minimum Gasteiger partial charge on any atom is -0.496 e. The number of nitrogens with one attached hydrogen (secondary N) is 1. The molecule has 0 bridgehead atoms. The molecule has 1 heterocycles. The summed E-state index contributed by atoms with van der Waals surface area (Å²) in [6.07, 6.45) is 1.72. The molecule has 0 aliphatic heterocycles. The fourth-order valence-corrected chi connectivity index (χ4v) is 2.96. The van der Waals surface area contributed by atoms with Gasteiger partial charge in [-0.1, -0.05) is 17.7 Å². The Bertz CT molecular complexity index is 920. The molecule has 0 atom stereocenters. The van der Waals surface area contributed by atoms with Crippen LogP contribution in [0, 0.1) is 5.82 Å². The number of carbonyl (C=O) groups is 1. The summed E-state index contributed by atoms with van der Waals surface area (Å²) in [4.78, 5) is 15.7. The lowest BCUT2D eigenvalue weighted by molar-refractivity contribution is 0.0993. The van der Waals surface area contributed by atoms with Gasteiger partial charge >= 0.3 is 0 Å². The van der Waals surface area contributed by atoms with Crippen LogP contribution in [0.4, 0.5) is 4.39 Å². The number of fused-ring (bicyclic) bond motifs is 1. The number of H-pyrrole nitrogens is 1. The molecule has 0 saturated carbocycles. The molecule has 6 heteroatoms. The minimum absolute atomic E-state index is 0.0973. The lowest BCUT2D eigenvalue weighted by Gasteiger charge is -2.08. The number of rotatable bonds is 5. The molecular formula is C18H15ClFNO3. The SMILES string of the molecule is COc1cc(F)ccc1CC(=O)c1c[nH]c2c(Cl)c(OC)ccc12. The van der Waals surface area contributed by atoms with Gasteiger partial charge in [0.2, 0.25) is 0 Å². The van der Waals surface area contributed by atoms with Crippen LogP contribution in [0.15, 0.2) is 36.5 Å². The van der Waals surface area contributed by atoms with Crippen LogP contribution in [0.3, 0.4) is 0 Å². The van der Waals surface area contributed by atoms with Gasteiger partial charge in [0.05, 0.1) is 19.7 Å². The van der Waals surface area contributed by atoms with E-state index in [2.05, 4.69) is 4.98 Å². The Hall–Kier alpha value is -2.53. The van der Waals surface area contributed by atoms with Crippen molar-refractivity contribution < 1.29 is 18.7 Å². The lowest BCUT2D eigenvalue weighted by atomic mass is 10.0. The fourth-order valence-electron chi connectivity index (χ4n) is 2.67. The summed E-state index contributed by atoms with van der Waals surface area (Å²) < 4.78 is 23.6. The highest BCUT2D eigenvalue weighted by Gasteiger charge is 2.18. The summed E-state index contributed by atoms with van der Waals surface area (Å²) in [7, 11) is 2.98. The molecule has 1 N–H and O–H groups in total. The first-order valence-corrected chi connectivity index (χ1v) is 7.62. The number of ether oxygens (including phenoxy) is 2. The zero-order chi connectivity index (χ0) is 17.3. The van der Waals surface area contributed by atoms with Crippen molar-refractivity contribution in [3.8, 4) is 11.5 Å². The second-order valence-electron chi connectivity index (χ2n) is 5.26. The molecule has 0 spiro atoms. The smallest absolute Gasteiger partial charge is 0.169 e. The van der Waals surface area contributed by atoms with Gasteiger partial charge in [-0.2, -0.15) is 0 Å². The second-order valence-corrected chi connectivity index (χ2v) is 5.64. The van der Waals surface area contributed by atoms with Crippen molar-refractivity contribution in [2.45, 2.75) is 6.42 Å². The average molecular weight is 348 g/mol. The predicted molar refractivity (Wildman–Crippen MR) is 90.8 cm³/mol. The summed E-state index contributed by atoms with van der Waals surface area (Å²) in [5.41, 5.74) is 1.78. The number of halogens is 2. The number of aromatic nitrogens is 1. The van der Waals surface area contributed by atoms with Gasteiger partial charge in [0, 0.05) is 35.2 Å². The van der Waals surface area contributed by atoms with Gasteiger partial charge in [0.1, 0.15) is 22.3 Å². The van der Waals surface area contributed by atoms with E-state index < -0.39 is 5.82 Å². The second kappa shape index (κ2) is 6.53. The maximum absolute atomic E-state index is 13.3. The first-order chi connectivity index (χ1) is 11.5. The van der Waals surface area contributed by atoms with E-state index in [1.54, 1.807) is 24.4 Å². The molecule has 1 aromatic heterocycles. The maximum atomic E-state index is 13.3.